The Labute approximate surface area is 167 Å². The quantitative estimate of drug-likeness (QED) is 0.535. The highest BCUT2D eigenvalue weighted by molar-refractivity contribution is 5.83. The molecule has 0 atom stereocenters. The monoisotopic (exact) mass is 378 g/mol. The molecule has 4 nitrogen and oxygen atoms in total. The lowest BCUT2D eigenvalue weighted by atomic mass is 9.78. The van der Waals surface area contributed by atoms with Gasteiger partial charge in [0.2, 0.25) is 0 Å². The Morgan fingerprint density at radius 1 is 0.964 bits per heavy atom. The van der Waals surface area contributed by atoms with Gasteiger partial charge in [0.1, 0.15) is 6.61 Å². The number of benzene rings is 2. The number of H-pyrrole nitrogens is 1. The van der Waals surface area contributed by atoms with Crippen molar-refractivity contribution in [1.82, 2.24) is 10.3 Å². The van der Waals surface area contributed by atoms with Crippen molar-refractivity contribution >= 4 is 10.9 Å². The van der Waals surface area contributed by atoms with E-state index in [1.165, 1.54) is 42.1 Å². The lowest BCUT2D eigenvalue weighted by Gasteiger charge is -2.28. The Kier molecular flexibility index (Phi) is 6.17. The van der Waals surface area contributed by atoms with Crippen LogP contribution in [0.4, 0.5) is 0 Å². The Morgan fingerprint density at radius 3 is 2.54 bits per heavy atom. The molecule has 2 N–H and O–H groups in total. The Hall–Kier alpha value is -2.46. The summed E-state index contributed by atoms with van der Waals surface area (Å²) in [6.45, 7) is 2.60. The number of methoxy groups -OCH3 is 1. The van der Waals surface area contributed by atoms with Crippen molar-refractivity contribution < 1.29 is 9.47 Å². The third kappa shape index (κ3) is 4.33. The van der Waals surface area contributed by atoms with Gasteiger partial charge in [-0.1, -0.05) is 30.3 Å². The molecule has 0 spiro atoms. The van der Waals surface area contributed by atoms with E-state index in [2.05, 4.69) is 40.8 Å². The second-order valence-electron chi connectivity index (χ2n) is 7.71. The molecule has 0 amide bonds. The zero-order valence-electron chi connectivity index (χ0n) is 16.6. The summed E-state index contributed by atoms with van der Waals surface area (Å²) in [5, 5.41) is 4.97. The van der Waals surface area contributed by atoms with Crippen molar-refractivity contribution in [1.29, 1.82) is 0 Å². The number of para-hydroxylation sites is 3. The van der Waals surface area contributed by atoms with Crippen molar-refractivity contribution in [2.75, 3.05) is 26.8 Å². The predicted molar refractivity (Wildman–Crippen MR) is 114 cm³/mol. The Bertz CT molecular complexity index is 881. The SMILES string of the molecule is COc1ccccc1OCCNCC1CCC(c2c[nH]c3ccccc23)CC1. The molecule has 4 heteroatoms. The zero-order chi connectivity index (χ0) is 19.2. The summed E-state index contributed by atoms with van der Waals surface area (Å²) in [6.07, 6.45) is 7.38. The maximum Gasteiger partial charge on any atom is 0.161 e. The van der Waals surface area contributed by atoms with Gasteiger partial charge in [-0.25, -0.2) is 0 Å². The van der Waals surface area contributed by atoms with Crippen LogP contribution in [0.2, 0.25) is 0 Å². The van der Waals surface area contributed by atoms with E-state index in [-0.39, 0.29) is 0 Å². The molecule has 3 aromatic rings. The minimum Gasteiger partial charge on any atom is -0.493 e. The normalized spacial score (nSPS) is 19.6. The fourth-order valence-corrected chi connectivity index (χ4v) is 4.39. The van der Waals surface area contributed by atoms with Gasteiger partial charge in [0.15, 0.2) is 11.5 Å². The van der Waals surface area contributed by atoms with E-state index >= 15 is 0 Å². The molecule has 1 aliphatic rings. The molecule has 1 fully saturated rings. The molecule has 4 rings (SSSR count). The van der Waals surface area contributed by atoms with Crippen LogP contribution in [0, 0.1) is 5.92 Å². The van der Waals surface area contributed by atoms with Crippen LogP contribution < -0.4 is 14.8 Å². The van der Waals surface area contributed by atoms with E-state index < -0.39 is 0 Å². The molecule has 0 bridgehead atoms. The number of ether oxygens (including phenoxy) is 2. The smallest absolute Gasteiger partial charge is 0.161 e. The first-order chi connectivity index (χ1) is 13.8. The van der Waals surface area contributed by atoms with Crippen molar-refractivity contribution in [3.05, 3.63) is 60.3 Å². The van der Waals surface area contributed by atoms with Gasteiger partial charge >= 0.3 is 0 Å². The van der Waals surface area contributed by atoms with E-state index in [0.717, 1.165) is 30.5 Å². The maximum atomic E-state index is 5.83. The molecule has 1 heterocycles. The number of fused-ring (bicyclic) bond motifs is 1. The minimum absolute atomic E-state index is 0.658. The van der Waals surface area contributed by atoms with E-state index in [1.54, 1.807) is 7.11 Å². The van der Waals surface area contributed by atoms with Crippen LogP contribution in [-0.2, 0) is 0 Å². The van der Waals surface area contributed by atoms with Gasteiger partial charge in [-0.3, -0.25) is 0 Å². The summed E-state index contributed by atoms with van der Waals surface area (Å²) in [5.41, 5.74) is 2.77. The van der Waals surface area contributed by atoms with Crippen LogP contribution in [0.1, 0.15) is 37.2 Å². The van der Waals surface area contributed by atoms with Crippen molar-refractivity contribution in [2.24, 2.45) is 5.92 Å². The van der Waals surface area contributed by atoms with Crippen molar-refractivity contribution in [2.45, 2.75) is 31.6 Å². The fourth-order valence-electron chi connectivity index (χ4n) is 4.39. The fraction of sp³-hybridized carbons (Fsp3) is 0.417. The molecule has 148 valence electrons. The molecule has 1 aromatic heterocycles. The highest BCUT2D eigenvalue weighted by atomic mass is 16.5. The summed E-state index contributed by atoms with van der Waals surface area (Å²) in [6, 6.07) is 16.5. The molecule has 0 radical (unpaired) electrons. The van der Waals surface area contributed by atoms with Crippen LogP contribution in [0.15, 0.2) is 54.7 Å². The van der Waals surface area contributed by atoms with E-state index in [9.17, 15) is 0 Å². The van der Waals surface area contributed by atoms with Crippen LogP contribution in [0.3, 0.4) is 0 Å². The molecule has 0 aliphatic heterocycles. The third-order valence-electron chi connectivity index (χ3n) is 5.95. The number of hydrogen-bond donors (Lipinski definition) is 2. The number of aromatic nitrogens is 1. The molecular weight excluding hydrogens is 348 g/mol. The van der Waals surface area contributed by atoms with Crippen LogP contribution in [0.25, 0.3) is 10.9 Å². The van der Waals surface area contributed by atoms with Gasteiger partial charge in [0.05, 0.1) is 7.11 Å². The third-order valence-corrected chi connectivity index (χ3v) is 5.95. The second kappa shape index (κ2) is 9.16. The maximum absolute atomic E-state index is 5.83. The van der Waals surface area contributed by atoms with Gasteiger partial charge in [0.25, 0.3) is 0 Å². The highest BCUT2D eigenvalue weighted by Gasteiger charge is 2.23. The summed E-state index contributed by atoms with van der Waals surface area (Å²) in [5.74, 6) is 3.07. The standard InChI is InChI=1S/C24H30N2O2/c1-27-23-8-4-5-9-24(23)28-15-14-25-16-18-10-12-19(13-11-18)21-17-26-22-7-3-2-6-20(21)22/h2-9,17-19,25-26H,10-16H2,1H3. The molecular formula is C24H30N2O2. The van der Waals surface area contributed by atoms with Gasteiger partial charge in [-0.2, -0.15) is 0 Å². The van der Waals surface area contributed by atoms with Gasteiger partial charge in [-0.05, 0) is 67.8 Å². The summed E-state index contributed by atoms with van der Waals surface area (Å²) < 4.78 is 11.2. The number of nitrogens with one attached hydrogen (secondary N) is 2. The molecule has 1 aliphatic carbocycles. The van der Waals surface area contributed by atoms with E-state index in [4.69, 9.17) is 9.47 Å². The topological polar surface area (TPSA) is 46.3 Å². The molecule has 28 heavy (non-hydrogen) atoms. The van der Waals surface area contributed by atoms with Crippen molar-refractivity contribution in [3.63, 3.8) is 0 Å². The number of aromatic amines is 1. The van der Waals surface area contributed by atoms with Crippen LogP contribution in [-0.4, -0.2) is 31.8 Å². The first kappa shape index (κ1) is 18.9. The molecule has 2 aromatic carbocycles. The Morgan fingerprint density at radius 2 is 1.71 bits per heavy atom. The predicted octanol–water partition coefficient (Wildman–Crippen LogP) is 5.12. The lowest BCUT2D eigenvalue weighted by Crippen LogP contribution is -2.29. The number of hydrogen-bond acceptors (Lipinski definition) is 3. The summed E-state index contributed by atoms with van der Waals surface area (Å²) in [4.78, 5) is 3.43. The first-order valence-corrected chi connectivity index (χ1v) is 10.4. The van der Waals surface area contributed by atoms with Gasteiger partial charge < -0.3 is 19.8 Å². The average molecular weight is 379 g/mol. The molecule has 0 saturated heterocycles. The highest BCUT2D eigenvalue weighted by Crippen LogP contribution is 2.38. The van der Waals surface area contributed by atoms with Gasteiger partial charge in [0, 0.05) is 23.6 Å². The largest absolute Gasteiger partial charge is 0.493 e. The molecule has 1 saturated carbocycles. The first-order valence-electron chi connectivity index (χ1n) is 10.4. The summed E-state index contributed by atoms with van der Waals surface area (Å²) >= 11 is 0. The average Bonchev–Trinajstić information content (AvgIpc) is 3.18. The van der Waals surface area contributed by atoms with Crippen LogP contribution in [0.5, 0.6) is 11.5 Å². The summed E-state index contributed by atoms with van der Waals surface area (Å²) in [7, 11) is 1.67. The Balaban J connectivity index is 1.18. The number of rotatable bonds is 8. The van der Waals surface area contributed by atoms with Crippen molar-refractivity contribution in [3.8, 4) is 11.5 Å². The lowest BCUT2D eigenvalue weighted by molar-refractivity contribution is 0.275. The minimum atomic E-state index is 0.658. The van der Waals surface area contributed by atoms with Crippen LogP contribution >= 0.6 is 0 Å². The zero-order valence-corrected chi connectivity index (χ0v) is 16.6. The van der Waals surface area contributed by atoms with Gasteiger partial charge in [-0.15, -0.1) is 0 Å². The molecule has 0 unspecified atom stereocenters. The van der Waals surface area contributed by atoms with E-state index in [1.807, 2.05) is 24.3 Å². The second-order valence-corrected chi connectivity index (χ2v) is 7.71. The van der Waals surface area contributed by atoms with E-state index in [0.29, 0.717) is 12.5 Å².